The molecule has 0 atom stereocenters. The van der Waals surface area contributed by atoms with Gasteiger partial charge in [0.15, 0.2) is 0 Å². The lowest BCUT2D eigenvalue weighted by Crippen LogP contribution is -1.89. The first-order chi connectivity index (χ1) is 5.66. The minimum atomic E-state index is 0.863. The molecule has 0 aliphatic rings. The number of fused-ring (bicyclic) bond motifs is 1. The lowest BCUT2D eigenvalue weighted by atomic mass is 10.3. The Hall–Kier alpha value is -0.960. The molecule has 0 aliphatic carbocycles. The van der Waals surface area contributed by atoms with Crippen LogP contribution in [0, 0.1) is 20.8 Å². The van der Waals surface area contributed by atoms with E-state index in [2.05, 4.69) is 23.0 Å². The van der Waals surface area contributed by atoms with Crippen LogP contribution in [0.15, 0.2) is 6.07 Å². The van der Waals surface area contributed by atoms with Crippen molar-refractivity contribution < 1.29 is 0 Å². The summed E-state index contributed by atoms with van der Waals surface area (Å²) < 4.78 is 0. The monoisotopic (exact) mass is 178 g/mol. The van der Waals surface area contributed by atoms with Crippen molar-refractivity contribution in [2.45, 2.75) is 20.8 Å². The summed E-state index contributed by atoms with van der Waals surface area (Å²) in [5, 5.41) is 1.20. The van der Waals surface area contributed by atoms with E-state index in [1.54, 1.807) is 11.3 Å². The molecule has 0 bridgehead atoms. The van der Waals surface area contributed by atoms with Crippen LogP contribution in [-0.4, -0.2) is 9.97 Å². The standard InChI is InChI=1S/C9H10N2S/c1-5-4-8-6(2)10-7(3)11-9(8)12-5/h4H,1-3H3. The van der Waals surface area contributed by atoms with Crippen molar-refractivity contribution in [3.8, 4) is 0 Å². The van der Waals surface area contributed by atoms with E-state index in [0.29, 0.717) is 0 Å². The third kappa shape index (κ3) is 1.10. The van der Waals surface area contributed by atoms with Crippen LogP contribution in [0.25, 0.3) is 10.2 Å². The second kappa shape index (κ2) is 2.52. The van der Waals surface area contributed by atoms with Gasteiger partial charge in [-0.2, -0.15) is 0 Å². The Morgan fingerprint density at radius 1 is 1.17 bits per heavy atom. The zero-order valence-electron chi connectivity index (χ0n) is 7.38. The summed E-state index contributed by atoms with van der Waals surface area (Å²) in [6.07, 6.45) is 0. The van der Waals surface area contributed by atoms with E-state index in [1.165, 1.54) is 10.3 Å². The van der Waals surface area contributed by atoms with Crippen LogP contribution >= 0.6 is 11.3 Å². The van der Waals surface area contributed by atoms with Crippen LogP contribution in [0.2, 0.25) is 0 Å². The Labute approximate surface area is 75.3 Å². The van der Waals surface area contributed by atoms with Crippen molar-refractivity contribution in [2.24, 2.45) is 0 Å². The molecular weight excluding hydrogens is 168 g/mol. The van der Waals surface area contributed by atoms with Crippen LogP contribution in [0.1, 0.15) is 16.4 Å². The van der Waals surface area contributed by atoms with Crippen LogP contribution in [0.4, 0.5) is 0 Å². The molecule has 2 aromatic heterocycles. The van der Waals surface area contributed by atoms with E-state index < -0.39 is 0 Å². The highest BCUT2D eigenvalue weighted by Crippen LogP contribution is 2.24. The van der Waals surface area contributed by atoms with Gasteiger partial charge in [0.1, 0.15) is 10.7 Å². The SMILES string of the molecule is Cc1nc(C)c2cc(C)sc2n1. The molecular formula is C9H10N2S. The van der Waals surface area contributed by atoms with Crippen molar-refractivity contribution in [3.05, 3.63) is 22.5 Å². The van der Waals surface area contributed by atoms with Crippen molar-refractivity contribution in [3.63, 3.8) is 0 Å². The maximum Gasteiger partial charge on any atom is 0.127 e. The molecule has 2 heterocycles. The lowest BCUT2D eigenvalue weighted by Gasteiger charge is -1.95. The fraction of sp³-hybridized carbons (Fsp3) is 0.333. The zero-order valence-corrected chi connectivity index (χ0v) is 8.20. The van der Waals surface area contributed by atoms with E-state index >= 15 is 0 Å². The van der Waals surface area contributed by atoms with Crippen LogP contribution in [0.5, 0.6) is 0 Å². The first-order valence-corrected chi connectivity index (χ1v) is 4.70. The molecule has 0 aliphatic heterocycles. The molecule has 0 aromatic carbocycles. The molecule has 0 saturated carbocycles. The van der Waals surface area contributed by atoms with Crippen molar-refractivity contribution in [1.29, 1.82) is 0 Å². The molecule has 0 amide bonds. The lowest BCUT2D eigenvalue weighted by molar-refractivity contribution is 1.06. The molecule has 3 heteroatoms. The van der Waals surface area contributed by atoms with Gasteiger partial charge in [0.2, 0.25) is 0 Å². The first kappa shape index (κ1) is 7.68. The summed E-state index contributed by atoms with van der Waals surface area (Å²) in [4.78, 5) is 11.1. The van der Waals surface area contributed by atoms with E-state index in [0.717, 1.165) is 16.3 Å². The minimum absolute atomic E-state index is 0.863. The van der Waals surface area contributed by atoms with Gasteiger partial charge in [0.25, 0.3) is 0 Å². The molecule has 0 saturated heterocycles. The van der Waals surface area contributed by atoms with Gasteiger partial charge in [0.05, 0.1) is 0 Å². The molecule has 62 valence electrons. The predicted molar refractivity (Wildman–Crippen MR) is 51.6 cm³/mol. The maximum absolute atomic E-state index is 4.36. The fourth-order valence-corrected chi connectivity index (χ4v) is 2.30. The molecule has 0 unspecified atom stereocenters. The molecule has 0 N–H and O–H groups in total. The predicted octanol–water partition coefficient (Wildman–Crippen LogP) is 2.62. The van der Waals surface area contributed by atoms with E-state index in [1.807, 2.05) is 13.8 Å². The number of hydrogen-bond donors (Lipinski definition) is 0. The summed E-state index contributed by atoms with van der Waals surface area (Å²) >= 11 is 1.73. The number of thiophene rings is 1. The molecule has 0 fully saturated rings. The normalized spacial score (nSPS) is 10.9. The second-order valence-corrected chi connectivity index (χ2v) is 4.17. The van der Waals surface area contributed by atoms with Crippen molar-refractivity contribution >= 4 is 21.6 Å². The number of nitrogens with zero attached hydrogens (tertiary/aromatic N) is 2. The molecule has 0 radical (unpaired) electrons. The third-order valence-electron chi connectivity index (χ3n) is 1.82. The molecule has 12 heavy (non-hydrogen) atoms. The van der Waals surface area contributed by atoms with Gasteiger partial charge in [0, 0.05) is 16.0 Å². The number of aryl methyl sites for hydroxylation is 3. The van der Waals surface area contributed by atoms with Gasteiger partial charge >= 0.3 is 0 Å². The molecule has 2 nitrogen and oxygen atoms in total. The average Bonchev–Trinajstić information content (AvgIpc) is 2.29. The highest BCUT2D eigenvalue weighted by Gasteiger charge is 2.04. The van der Waals surface area contributed by atoms with Gasteiger partial charge in [-0.3, -0.25) is 0 Å². The van der Waals surface area contributed by atoms with Gasteiger partial charge in [-0.15, -0.1) is 11.3 Å². The van der Waals surface area contributed by atoms with Crippen LogP contribution in [0.3, 0.4) is 0 Å². The number of rotatable bonds is 0. The van der Waals surface area contributed by atoms with Crippen molar-refractivity contribution in [1.82, 2.24) is 9.97 Å². The summed E-state index contributed by atoms with van der Waals surface area (Å²) in [5.41, 5.74) is 1.09. The fourth-order valence-electron chi connectivity index (χ4n) is 1.32. The second-order valence-electron chi connectivity index (χ2n) is 2.93. The Bertz CT molecular complexity index is 431. The van der Waals surface area contributed by atoms with Crippen molar-refractivity contribution in [2.75, 3.05) is 0 Å². The Morgan fingerprint density at radius 3 is 2.67 bits per heavy atom. The third-order valence-corrected chi connectivity index (χ3v) is 2.76. The van der Waals surface area contributed by atoms with Gasteiger partial charge in [-0.05, 0) is 26.8 Å². The highest BCUT2D eigenvalue weighted by molar-refractivity contribution is 7.18. The topological polar surface area (TPSA) is 25.8 Å². The summed E-state index contributed by atoms with van der Waals surface area (Å²) in [5.74, 6) is 0.863. The van der Waals surface area contributed by atoms with Gasteiger partial charge in [-0.25, -0.2) is 9.97 Å². The first-order valence-electron chi connectivity index (χ1n) is 3.88. The van der Waals surface area contributed by atoms with Gasteiger partial charge in [-0.1, -0.05) is 0 Å². The number of hydrogen-bond acceptors (Lipinski definition) is 3. The highest BCUT2D eigenvalue weighted by atomic mass is 32.1. The Kier molecular flexibility index (Phi) is 1.61. The smallest absolute Gasteiger partial charge is 0.127 e. The van der Waals surface area contributed by atoms with E-state index in [4.69, 9.17) is 0 Å². The summed E-state index contributed by atoms with van der Waals surface area (Å²) in [7, 11) is 0. The van der Waals surface area contributed by atoms with E-state index in [9.17, 15) is 0 Å². The quantitative estimate of drug-likeness (QED) is 0.619. The average molecular weight is 178 g/mol. The van der Waals surface area contributed by atoms with Crippen LogP contribution < -0.4 is 0 Å². The zero-order chi connectivity index (χ0) is 8.72. The Morgan fingerprint density at radius 2 is 1.92 bits per heavy atom. The summed E-state index contributed by atoms with van der Waals surface area (Å²) in [6, 6.07) is 2.15. The number of aromatic nitrogens is 2. The molecule has 2 aromatic rings. The molecule has 0 spiro atoms. The Balaban J connectivity index is 2.88. The maximum atomic E-state index is 4.36. The van der Waals surface area contributed by atoms with E-state index in [-0.39, 0.29) is 0 Å². The van der Waals surface area contributed by atoms with Crippen LogP contribution in [-0.2, 0) is 0 Å². The molecule has 2 rings (SSSR count). The largest absolute Gasteiger partial charge is 0.238 e. The van der Waals surface area contributed by atoms with Gasteiger partial charge < -0.3 is 0 Å². The minimum Gasteiger partial charge on any atom is -0.238 e. The summed E-state index contributed by atoms with van der Waals surface area (Å²) in [6.45, 7) is 6.06.